The fourth-order valence-electron chi connectivity index (χ4n) is 6.19. The monoisotopic (exact) mass is 314 g/mol. The van der Waals surface area contributed by atoms with E-state index in [1.54, 1.807) is 12.7 Å². The summed E-state index contributed by atoms with van der Waals surface area (Å²) in [5.41, 5.74) is 5.16. The lowest BCUT2D eigenvalue weighted by Crippen LogP contribution is -2.52. The molecule has 4 rings (SSSR count). The fourth-order valence-corrected chi connectivity index (χ4v) is 6.19. The lowest BCUT2D eigenvalue weighted by Gasteiger charge is -2.53. The third-order valence-corrected chi connectivity index (χ3v) is 6.86. The second kappa shape index (κ2) is 4.99. The van der Waals surface area contributed by atoms with Crippen molar-refractivity contribution >= 4 is 0 Å². The standard InChI is InChI=1S/C21H30O2/c1-13(2)18-14-11-17-19-20(3,4)9-6-10-21(19,12-23-17)15(14)7-8-16(18)22-5/h7-8,13,17,19H,6,9-12H2,1-5H3/t17-,19-,21-/m0/s1. The molecular weight excluding hydrogens is 284 g/mol. The molecule has 1 saturated heterocycles. The molecule has 0 aromatic heterocycles. The summed E-state index contributed by atoms with van der Waals surface area (Å²) < 4.78 is 12.1. The maximum atomic E-state index is 6.40. The number of rotatable bonds is 2. The van der Waals surface area contributed by atoms with E-state index in [9.17, 15) is 0 Å². The van der Waals surface area contributed by atoms with Crippen LogP contribution in [0.4, 0.5) is 0 Å². The quantitative estimate of drug-likeness (QED) is 0.778. The first-order valence-corrected chi connectivity index (χ1v) is 9.22. The molecule has 1 heterocycles. The molecule has 1 saturated carbocycles. The van der Waals surface area contributed by atoms with Gasteiger partial charge in [-0.1, -0.05) is 40.2 Å². The van der Waals surface area contributed by atoms with E-state index in [0.717, 1.165) is 18.8 Å². The van der Waals surface area contributed by atoms with Crippen LogP contribution >= 0.6 is 0 Å². The Hall–Kier alpha value is -1.02. The first-order chi connectivity index (χ1) is 10.9. The van der Waals surface area contributed by atoms with Gasteiger partial charge in [0.1, 0.15) is 5.75 Å². The number of benzene rings is 1. The van der Waals surface area contributed by atoms with Crippen molar-refractivity contribution in [2.45, 2.75) is 70.8 Å². The van der Waals surface area contributed by atoms with E-state index in [1.807, 2.05) is 0 Å². The molecule has 0 N–H and O–H groups in total. The summed E-state index contributed by atoms with van der Waals surface area (Å²) in [7, 11) is 1.80. The van der Waals surface area contributed by atoms with Crippen molar-refractivity contribution in [3.8, 4) is 5.75 Å². The minimum absolute atomic E-state index is 0.246. The zero-order chi connectivity index (χ0) is 16.4. The molecule has 2 aliphatic carbocycles. The highest BCUT2D eigenvalue weighted by Crippen LogP contribution is 2.62. The van der Waals surface area contributed by atoms with Crippen molar-refractivity contribution in [2.75, 3.05) is 13.7 Å². The van der Waals surface area contributed by atoms with Crippen LogP contribution in [0.1, 0.15) is 69.6 Å². The smallest absolute Gasteiger partial charge is 0.122 e. The Labute approximate surface area is 140 Å². The molecule has 3 aliphatic rings. The number of fused-ring (bicyclic) bond motifs is 1. The minimum atomic E-state index is 0.246. The maximum Gasteiger partial charge on any atom is 0.122 e. The maximum absolute atomic E-state index is 6.40. The molecule has 2 fully saturated rings. The molecule has 126 valence electrons. The first kappa shape index (κ1) is 15.5. The van der Waals surface area contributed by atoms with Gasteiger partial charge in [0.25, 0.3) is 0 Å². The summed E-state index contributed by atoms with van der Waals surface area (Å²) >= 11 is 0. The Bertz CT molecular complexity index is 631. The van der Waals surface area contributed by atoms with Gasteiger partial charge in [0.15, 0.2) is 0 Å². The SMILES string of the molecule is COc1ccc2c(c1C(C)C)C[C@@H]1OC[C@@]23CCCC(C)(C)[C@H]13. The second-order valence-electron chi connectivity index (χ2n) is 8.89. The van der Waals surface area contributed by atoms with Crippen molar-refractivity contribution in [1.82, 2.24) is 0 Å². The van der Waals surface area contributed by atoms with Crippen LogP contribution in [0, 0.1) is 11.3 Å². The highest BCUT2D eigenvalue weighted by atomic mass is 16.5. The summed E-state index contributed by atoms with van der Waals surface area (Å²) in [6, 6.07) is 4.57. The van der Waals surface area contributed by atoms with E-state index in [0.29, 0.717) is 23.4 Å². The van der Waals surface area contributed by atoms with Gasteiger partial charge in [0.05, 0.1) is 19.8 Å². The zero-order valence-electron chi connectivity index (χ0n) is 15.2. The van der Waals surface area contributed by atoms with Gasteiger partial charge in [-0.2, -0.15) is 0 Å². The molecule has 1 aliphatic heterocycles. The predicted octanol–water partition coefficient (Wildman–Crippen LogP) is 4.84. The summed E-state index contributed by atoms with van der Waals surface area (Å²) in [4.78, 5) is 0. The zero-order valence-corrected chi connectivity index (χ0v) is 15.2. The van der Waals surface area contributed by atoms with Crippen LogP contribution in [-0.2, 0) is 16.6 Å². The van der Waals surface area contributed by atoms with Gasteiger partial charge >= 0.3 is 0 Å². The van der Waals surface area contributed by atoms with Crippen LogP contribution in [0.2, 0.25) is 0 Å². The number of methoxy groups -OCH3 is 1. The second-order valence-corrected chi connectivity index (χ2v) is 8.89. The Morgan fingerprint density at radius 3 is 2.70 bits per heavy atom. The van der Waals surface area contributed by atoms with E-state index in [1.165, 1.54) is 30.4 Å². The Morgan fingerprint density at radius 1 is 1.22 bits per heavy atom. The van der Waals surface area contributed by atoms with Gasteiger partial charge < -0.3 is 9.47 Å². The normalized spacial score (nSPS) is 34.2. The van der Waals surface area contributed by atoms with E-state index in [4.69, 9.17) is 9.47 Å². The van der Waals surface area contributed by atoms with Gasteiger partial charge in [0.2, 0.25) is 0 Å². The largest absolute Gasteiger partial charge is 0.496 e. The van der Waals surface area contributed by atoms with Crippen molar-refractivity contribution in [2.24, 2.45) is 11.3 Å². The third kappa shape index (κ3) is 1.97. The molecule has 1 aromatic carbocycles. The predicted molar refractivity (Wildman–Crippen MR) is 93.3 cm³/mol. The Balaban J connectivity index is 1.94. The number of ether oxygens (including phenoxy) is 2. The molecule has 0 amide bonds. The molecule has 1 aromatic rings. The summed E-state index contributed by atoms with van der Waals surface area (Å²) in [5.74, 6) is 2.22. The molecule has 2 nitrogen and oxygen atoms in total. The number of hydrogen-bond donors (Lipinski definition) is 0. The molecule has 0 radical (unpaired) electrons. The van der Waals surface area contributed by atoms with Crippen LogP contribution in [0.3, 0.4) is 0 Å². The summed E-state index contributed by atoms with van der Waals surface area (Å²) in [6.45, 7) is 10.4. The average Bonchev–Trinajstić information content (AvgIpc) is 2.80. The van der Waals surface area contributed by atoms with Gasteiger partial charge in [-0.3, -0.25) is 0 Å². The highest BCUT2D eigenvalue weighted by molar-refractivity contribution is 5.53. The average molecular weight is 314 g/mol. The molecule has 3 atom stereocenters. The lowest BCUT2D eigenvalue weighted by atomic mass is 9.50. The highest BCUT2D eigenvalue weighted by Gasteiger charge is 2.61. The fraction of sp³-hybridized carbons (Fsp3) is 0.714. The van der Waals surface area contributed by atoms with E-state index >= 15 is 0 Å². The molecular formula is C21H30O2. The van der Waals surface area contributed by atoms with Crippen LogP contribution < -0.4 is 4.74 Å². The van der Waals surface area contributed by atoms with Gasteiger partial charge in [0, 0.05) is 16.9 Å². The van der Waals surface area contributed by atoms with Gasteiger partial charge in [-0.05, 0) is 47.8 Å². The lowest BCUT2D eigenvalue weighted by molar-refractivity contribution is 0.0223. The first-order valence-electron chi connectivity index (χ1n) is 9.22. The van der Waals surface area contributed by atoms with Gasteiger partial charge in [-0.25, -0.2) is 0 Å². The van der Waals surface area contributed by atoms with Crippen LogP contribution in [-0.4, -0.2) is 19.8 Å². The van der Waals surface area contributed by atoms with Gasteiger partial charge in [-0.15, -0.1) is 0 Å². The Kier molecular flexibility index (Phi) is 3.36. The molecule has 0 spiro atoms. The van der Waals surface area contributed by atoms with E-state index in [2.05, 4.69) is 39.8 Å². The molecule has 23 heavy (non-hydrogen) atoms. The minimum Gasteiger partial charge on any atom is -0.496 e. The topological polar surface area (TPSA) is 18.5 Å². The third-order valence-electron chi connectivity index (χ3n) is 6.86. The van der Waals surface area contributed by atoms with Crippen LogP contribution in [0.25, 0.3) is 0 Å². The van der Waals surface area contributed by atoms with E-state index in [-0.39, 0.29) is 5.41 Å². The molecule has 0 unspecified atom stereocenters. The van der Waals surface area contributed by atoms with Crippen molar-refractivity contribution in [1.29, 1.82) is 0 Å². The van der Waals surface area contributed by atoms with Crippen molar-refractivity contribution < 1.29 is 9.47 Å². The van der Waals surface area contributed by atoms with E-state index < -0.39 is 0 Å². The number of hydrogen-bond acceptors (Lipinski definition) is 2. The van der Waals surface area contributed by atoms with Crippen molar-refractivity contribution in [3.05, 3.63) is 28.8 Å². The van der Waals surface area contributed by atoms with Crippen LogP contribution in [0.5, 0.6) is 5.75 Å². The molecule has 2 heteroatoms. The Morgan fingerprint density at radius 2 is 2.00 bits per heavy atom. The van der Waals surface area contributed by atoms with Crippen molar-refractivity contribution in [3.63, 3.8) is 0 Å². The summed E-state index contributed by atoms with van der Waals surface area (Å²) in [6.07, 6.45) is 5.40. The van der Waals surface area contributed by atoms with Crippen LogP contribution in [0.15, 0.2) is 12.1 Å². The molecule has 2 bridgehead atoms. The summed E-state index contributed by atoms with van der Waals surface area (Å²) in [5, 5.41) is 0.